The molecule has 2 aromatic heterocycles. The number of nitrogens with zero attached hydrogens (tertiary/aromatic N) is 3. The first-order valence-electron chi connectivity index (χ1n) is 10.3. The van der Waals surface area contributed by atoms with Crippen LogP contribution in [0.2, 0.25) is 0 Å². The van der Waals surface area contributed by atoms with Gasteiger partial charge in [-0.1, -0.05) is 6.42 Å². The summed E-state index contributed by atoms with van der Waals surface area (Å²) in [7, 11) is 0. The van der Waals surface area contributed by atoms with Crippen molar-refractivity contribution >= 4 is 41.3 Å². The van der Waals surface area contributed by atoms with Crippen molar-refractivity contribution in [3.63, 3.8) is 0 Å². The van der Waals surface area contributed by atoms with Gasteiger partial charge in [0, 0.05) is 42.8 Å². The van der Waals surface area contributed by atoms with Gasteiger partial charge in [0.2, 0.25) is 5.88 Å². The van der Waals surface area contributed by atoms with E-state index < -0.39 is 0 Å². The average Bonchev–Trinajstić information content (AvgIpc) is 3.12. The van der Waals surface area contributed by atoms with Gasteiger partial charge in [0.25, 0.3) is 0 Å². The Kier molecular flexibility index (Phi) is 10.7. The molecule has 1 fully saturated rings. The van der Waals surface area contributed by atoms with E-state index in [2.05, 4.69) is 34.4 Å². The van der Waals surface area contributed by atoms with Crippen LogP contribution in [0.1, 0.15) is 54.5 Å². The van der Waals surface area contributed by atoms with E-state index in [0.717, 1.165) is 54.8 Å². The second-order valence-electron chi connectivity index (χ2n) is 7.12. The van der Waals surface area contributed by atoms with E-state index in [1.807, 2.05) is 24.5 Å². The Labute approximate surface area is 195 Å². The molecule has 6 nitrogen and oxygen atoms in total. The molecule has 0 unspecified atom stereocenters. The van der Waals surface area contributed by atoms with Gasteiger partial charge >= 0.3 is 0 Å². The lowest BCUT2D eigenvalue weighted by molar-refractivity contribution is 0.148. The van der Waals surface area contributed by atoms with Crippen LogP contribution in [0, 0.1) is 6.92 Å². The quantitative estimate of drug-likeness (QED) is 0.300. The molecule has 0 amide bonds. The second-order valence-corrected chi connectivity index (χ2v) is 8.44. The van der Waals surface area contributed by atoms with E-state index in [9.17, 15) is 0 Å². The van der Waals surface area contributed by atoms with E-state index in [0.29, 0.717) is 12.6 Å². The zero-order valence-electron chi connectivity index (χ0n) is 17.3. The van der Waals surface area contributed by atoms with Crippen molar-refractivity contribution in [1.29, 1.82) is 0 Å². The minimum atomic E-state index is 0. The summed E-state index contributed by atoms with van der Waals surface area (Å²) in [5.74, 6) is 1.54. The summed E-state index contributed by atoms with van der Waals surface area (Å²) >= 11 is 1.75. The van der Waals surface area contributed by atoms with Crippen LogP contribution in [0.25, 0.3) is 0 Å². The standard InChI is InChI=1S/C21H31N5OS.HI/c1-3-22-21(24-12-10-20-25-14-16(2)28-20)26-15-17-9-11-23-19(13-17)27-18-7-5-4-6-8-18;/h9,11,13-14,18H,3-8,10,12,15H2,1-2H3,(H2,22,24,26);1H. The number of hydrogen-bond acceptors (Lipinski definition) is 5. The number of nitrogens with one attached hydrogen (secondary N) is 2. The molecule has 160 valence electrons. The molecule has 1 saturated carbocycles. The summed E-state index contributed by atoms with van der Waals surface area (Å²) in [6.45, 7) is 6.39. The fraction of sp³-hybridized carbons (Fsp3) is 0.571. The molecule has 1 aliphatic carbocycles. The smallest absolute Gasteiger partial charge is 0.213 e. The Hall–Kier alpha value is -1.42. The molecule has 2 aromatic rings. The summed E-state index contributed by atoms with van der Waals surface area (Å²) < 4.78 is 6.07. The third-order valence-corrected chi connectivity index (χ3v) is 5.68. The van der Waals surface area contributed by atoms with Crippen molar-refractivity contribution in [3.8, 4) is 5.88 Å². The molecule has 0 spiro atoms. The fourth-order valence-electron chi connectivity index (χ4n) is 3.28. The van der Waals surface area contributed by atoms with Gasteiger partial charge in [-0.2, -0.15) is 0 Å². The minimum absolute atomic E-state index is 0. The number of thiazole rings is 1. The summed E-state index contributed by atoms with van der Waals surface area (Å²) in [6, 6.07) is 4.01. The van der Waals surface area contributed by atoms with Crippen molar-refractivity contribution in [2.24, 2.45) is 4.99 Å². The molecule has 8 heteroatoms. The van der Waals surface area contributed by atoms with E-state index >= 15 is 0 Å². The molecule has 3 rings (SSSR count). The Morgan fingerprint density at radius 2 is 2.07 bits per heavy atom. The van der Waals surface area contributed by atoms with Crippen LogP contribution in [0.4, 0.5) is 0 Å². The molecule has 0 aromatic carbocycles. The first-order valence-corrected chi connectivity index (χ1v) is 11.1. The van der Waals surface area contributed by atoms with Crippen LogP contribution in [0.15, 0.2) is 29.5 Å². The highest BCUT2D eigenvalue weighted by Crippen LogP contribution is 2.22. The first-order chi connectivity index (χ1) is 13.7. The first kappa shape index (κ1) is 23.9. The molecule has 29 heavy (non-hydrogen) atoms. The number of halogens is 1. The molecule has 1 aliphatic rings. The number of aromatic nitrogens is 2. The molecule has 2 N–H and O–H groups in total. The van der Waals surface area contributed by atoms with Gasteiger partial charge in [0.1, 0.15) is 6.10 Å². The lowest BCUT2D eigenvalue weighted by atomic mass is 9.98. The predicted octanol–water partition coefficient (Wildman–Crippen LogP) is 4.47. The average molecular weight is 529 g/mol. The topological polar surface area (TPSA) is 71.4 Å². The lowest BCUT2D eigenvalue weighted by Gasteiger charge is -2.22. The Bertz CT molecular complexity index is 761. The van der Waals surface area contributed by atoms with E-state index in [-0.39, 0.29) is 24.0 Å². The molecule has 0 aliphatic heterocycles. The SMILES string of the molecule is CCNC(=NCc1ccnc(OC2CCCCC2)c1)NCCc1ncc(C)s1.I. The maximum Gasteiger partial charge on any atom is 0.213 e. The van der Waals surface area contributed by atoms with Crippen molar-refractivity contribution in [2.75, 3.05) is 13.1 Å². The minimum Gasteiger partial charge on any atom is -0.474 e. The zero-order valence-corrected chi connectivity index (χ0v) is 20.5. The van der Waals surface area contributed by atoms with Crippen LogP contribution < -0.4 is 15.4 Å². The summed E-state index contributed by atoms with van der Waals surface area (Å²) in [5, 5.41) is 7.84. The van der Waals surface area contributed by atoms with Crippen molar-refractivity contribution in [2.45, 2.75) is 65.0 Å². The van der Waals surface area contributed by atoms with Gasteiger partial charge in [-0.05, 0) is 51.2 Å². The molecule has 0 saturated heterocycles. The van der Waals surface area contributed by atoms with Crippen LogP contribution in [0.3, 0.4) is 0 Å². The molecule has 2 heterocycles. The van der Waals surface area contributed by atoms with Crippen molar-refractivity contribution in [1.82, 2.24) is 20.6 Å². The Morgan fingerprint density at radius 1 is 1.24 bits per heavy atom. The maximum absolute atomic E-state index is 6.07. The van der Waals surface area contributed by atoms with Gasteiger partial charge in [-0.3, -0.25) is 0 Å². The number of aryl methyl sites for hydroxylation is 1. The summed E-state index contributed by atoms with van der Waals surface area (Å²) in [6.07, 6.45) is 11.1. The van der Waals surface area contributed by atoms with Gasteiger partial charge in [-0.25, -0.2) is 15.0 Å². The molecular weight excluding hydrogens is 497 g/mol. The number of pyridine rings is 1. The number of aliphatic imine (C=N–C) groups is 1. The number of guanidine groups is 1. The maximum atomic E-state index is 6.07. The van der Waals surface area contributed by atoms with E-state index in [4.69, 9.17) is 9.73 Å². The van der Waals surface area contributed by atoms with Crippen LogP contribution in [-0.4, -0.2) is 35.1 Å². The van der Waals surface area contributed by atoms with Crippen molar-refractivity contribution < 1.29 is 4.74 Å². The normalized spacial score (nSPS) is 14.9. The Morgan fingerprint density at radius 3 is 2.79 bits per heavy atom. The highest BCUT2D eigenvalue weighted by atomic mass is 127. The highest BCUT2D eigenvalue weighted by molar-refractivity contribution is 14.0. The Balaban J connectivity index is 0.00000300. The molecule has 0 atom stereocenters. The number of rotatable bonds is 8. The largest absolute Gasteiger partial charge is 0.474 e. The van der Waals surface area contributed by atoms with Crippen LogP contribution in [-0.2, 0) is 13.0 Å². The molecule has 0 bridgehead atoms. The van der Waals surface area contributed by atoms with Gasteiger partial charge in [0.05, 0.1) is 11.6 Å². The second kappa shape index (κ2) is 13.0. The van der Waals surface area contributed by atoms with Gasteiger partial charge in [-0.15, -0.1) is 35.3 Å². The summed E-state index contributed by atoms with van der Waals surface area (Å²) in [4.78, 5) is 14.7. The zero-order chi connectivity index (χ0) is 19.6. The third kappa shape index (κ3) is 8.46. The number of ether oxygens (including phenoxy) is 1. The van der Waals surface area contributed by atoms with Crippen molar-refractivity contribution in [3.05, 3.63) is 40.0 Å². The predicted molar refractivity (Wildman–Crippen MR) is 131 cm³/mol. The van der Waals surface area contributed by atoms with Crippen LogP contribution in [0.5, 0.6) is 5.88 Å². The molecular formula is C21H32IN5OS. The summed E-state index contributed by atoms with van der Waals surface area (Å²) in [5.41, 5.74) is 1.11. The van der Waals surface area contributed by atoms with Crippen LogP contribution >= 0.6 is 35.3 Å². The number of hydrogen-bond donors (Lipinski definition) is 2. The third-order valence-electron chi connectivity index (χ3n) is 4.70. The monoisotopic (exact) mass is 529 g/mol. The van der Waals surface area contributed by atoms with E-state index in [1.165, 1.54) is 24.1 Å². The lowest BCUT2D eigenvalue weighted by Crippen LogP contribution is -2.38. The molecule has 0 radical (unpaired) electrons. The van der Waals surface area contributed by atoms with Gasteiger partial charge < -0.3 is 15.4 Å². The fourth-order valence-corrected chi connectivity index (χ4v) is 4.07. The van der Waals surface area contributed by atoms with E-state index in [1.54, 1.807) is 11.3 Å². The highest BCUT2D eigenvalue weighted by Gasteiger charge is 2.15. The van der Waals surface area contributed by atoms with Gasteiger partial charge in [0.15, 0.2) is 5.96 Å².